The quantitative estimate of drug-likeness (QED) is 0.732. The predicted molar refractivity (Wildman–Crippen MR) is 97.5 cm³/mol. The largest absolute Gasteiger partial charge is 0.497 e. The summed E-state index contributed by atoms with van der Waals surface area (Å²) in [6, 6.07) is 8.94. The molecule has 0 aliphatic carbocycles. The van der Waals surface area contributed by atoms with Gasteiger partial charge in [-0.2, -0.15) is 0 Å². The van der Waals surface area contributed by atoms with Crippen LogP contribution in [0.25, 0.3) is 4.96 Å². The number of carbonyl (C=O) groups excluding carboxylic acids is 1. The summed E-state index contributed by atoms with van der Waals surface area (Å²) in [5, 5.41) is 4.81. The minimum atomic E-state index is -0.0803. The van der Waals surface area contributed by atoms with Gasteiger partial charge in [-0.1, -0.05) is 12.1 Å². The number of benzene rings is 1. The number of thiazole rings is 1. The molecule has 0 atom stereocenters. The van der Waals surface area contributed by atoms with E-state index in [4.69, 9.17) is 4.74 Å². The third-order valence-corrected chi connectivity index (χ3v) is 4.71. The van der Waals surface area contributed by atoms with Gasteiger partial charge in [0.1, 0.15) is 5.75 Å². The van der Waals surface area contributed by atoms with Crippen LogP contribution in [0.15, 0.2) is 40.5 Å². The number of carbonyl (C=O) groups is 1. The van der Waals surface area contributed by atoms with Crippen molar-refractivity contribution in [2.24, 2.45) is 0 Å². The molecule has 0 saturated carbocycles. The van der Waals surface area contributed by atoms with E-state index in [1.165, 1.54) is 17.4 Å². The maximum atomic E-state index is 12.1. The summed E-state index contributed by atoms with van der Waals surface area (Å²) >= 11 is 1.43. The van der Waals surface area contributed by atoms with Crippen molar-refractivity contribution < 1.29 is 9.53 Å². The van der Waals surface area contributed by atoms with Crippen molar-refractivity contribution >= 4 is 22.2 Å². The molecule has 6 nitrogen and oxygen atoms in total. The lowest BCUT2D eigenvalue weighted by molar-refractivity contribution is -0.120. The van der Waals surface area contributed by atoms with Crippen molar-refractivity contribution in [2.45, 2.75) is 19.8 Å². The van der Waals surface area contributed by atoms with E-state index < -0.39 is 0 Å². The van der Waals surface area contributed by atoms with Gasteiger partial charge in [0, 0.05) is 35.8 Å². The fourth-order valence-electron chi connectivity index (χ4n) is 2.58. The Balaban J connectivity index is 1.57. The SMILES string of the molecule is COc1ccc(CC(=O)NCCc2csc3nc(C)cc(=O)n23)cc1. The van der Waals surface area contributed by atoms with Crippen LogP contribution in [0.5, 0.6) is 5.75 Å². The van der Waals surface area contributed by atoms with Gasteiger partial charge in [-0.15, -0.1) is 11.3 Å². The Bertz CT molecular complexity index is 944. The monoisotopic (exact) mass is 357 g/mol. The van der Waals surface area contributed by atoms with Gasteiger partial charge in [-0.3, -0.25) is 14.0 Å². The maximum Gasteiger partial charge on any atom is 0.258 e. The molecule has 0 unspecified atom stereocenters. The summed E-state index contributed by atoms with van der Waals surface area (Å²) in [7, 11) is 1.61. The number of ether oxygens (including phenoxy) is 1. The molecule has 0 fully saturated rings. The third-order valence-electron chi connectivity index (χ3n) is 3.83. The normalized spacial score (nSPS) is 10.8. The molecule has 1 N–H and O–H groups in total. The lowest BCUT2D eigenvalue weighted by Gasteiger charge is -2.06. The minimum Gasteiger partial charge on any atom is -0.497 e. The van der Waals surface area contributed by atoms with E-state index in [9.17, 15) is 9.59 Å². The topological polar surface area (TPSA) is 72.7 Å². The van der Waals surface area contributed by atoms with Crippen LogP contribution in [-0.2, 0) is 17.6 Å². The van der Waals surface area contributed by atoms with Crippen molar-refractivity contribution in [1.82, 2.24) is 14.7 Å². The maximum absolute atomic E-state index is 12.1. The smallest absolute Gasteiger partial charge is 0.258 e. The van der Waals surface area contributed by atoms with Gasteiger partial charge in [0.05, 0.1) is 13.5 Å². The van der Waals surface area contributed by atoms with E-state index >= 15 is 0 Å². The molecule has 1 aromatic carbocycles. The zero-order valence-corrected chi connectivity index (χ0v) is 14.9. The highest BCUT2D eigenvalue weighted by Crippen LogP contribution is 2.13. The van der Waals surface area contributed by atoms with E-state index in [2.05, 4.69) is 10.3 Å². The molecule has 3 rings (SSSR count). The van der Waals surface area contributed by atoms with Crippen LogP contribution in [-0.4, -0.2) is 28.9 Å². The summed E-state index contributed by atoms with van der Waals surface area (Å²) in [5.41, 5.74) is 2.42. The fourth-order valence-corrected chi connectivity index (χ4v) is 3.55. The molecule has 0 spiro atoms. The fraction of sp³-hybridized carbons (Fsp3) is 0.278. The molecular formula is C18H19N3O3S. The first kappa shape index (κ1) is 17.2. The van der Waals surface area contributed by atoms with Gasteiger partial charge in [0.15, 0.2) is 4.96 Å². The van der Waals surface area contributed by atoms with Gasteiger partial charge < -0.3 is 10.1 Å². The van der Waals surface area contributed by atoms with Crippen LogP contribution in [0, 0.1) is 6.92 Å². The van der Waals surface area contributed by atoms with Crippen LogP contribution >= 0.6 is 11.3 Å². The molecule has 25 heavy (non-hydrogen) atoms. The average molecular weight is 357 g/mol. The Labute approximate surface area is 149 Å². The number of hydrogen-bond acceptors (Lipinski definition) is 5. The Morgan fingerprint density at radius 2 is 2.08 bits per heavy atom. The number of fused-ring (bicyclic) bond motifs is 1. The molecule has 7 heteroatoms. The first-order valence-electron chi connectivity index (χ1n) is 7.93. The number of methoxy groups -OCH3 is 1. The highest BCUT2D eigenvalue weighted by atomic mass is 32.1. The number of nitrogens with one attached hydrogen (secondary N) is 1. The van der Waals surface area contributed by atoms with Crippen molar-refractivity contribution in [1.29, 1.82) is 0 Å². The number of rotatable bonds is 6. The predicted octanol–water partition coefficient (Wildman–Crippen LogP) is 1.97. The zero-order chi connectivity index (χ0) is 17.8. The minimum absolute atomic E-state index is 0.0500. The molecule has 2 heterocycles. The van der Waals surface area contributed by atoms with Crippen LogP contribution in [0.4, 0.5) is 0 Å². The average Bonchev–Trinajstić information content (AvgIpc) is 2.98. The Hall–Kier alpha value is -2.67. The van der Waals surface area contributed by atoms with Crippen LogP contribution in [0.2, 0.25) is 0 Å². The molecule has 1 amide bonds. The zero-order valence-electron chi connectivity index (χ0n) is 14.1. The summed E-state index contributed by atoms with van der Waals surface area (Å²) in [4.78, 5) is 29.2. The lowest BCUT2D eigenvalue weighted by atomic mass is 10.1. The molecule has 130 valence electrons. The Morgan fingerprint density at radius 1 is 1.32 bits per heavy atom. The van der Waals surface area contributed by atoms with Gasteiger partial charge in [0.25, 0.3) is 5.56 Å². The number of amides is 1. The van der Waals surface area contributed by atoms with E-state index in [-0.39, 0.29) is 11.5 Å². The Kier molecular flexibility index (Phi) is 5.14. The molecule has 2 aromatic heterocycles. The first-order chi connectivity index (χ1) is 12.1. The number of nitrogens with zero attached hydrogens (tertiary/aromatic N) is 2. The van der Waals surface area contributed by atoms with E-state index in [0.717, 1.165) is 17.0 Å². The van der Waals surface area contributed by atoms with Crippen molar-refractivity contribution in [2.75, 3.05) is 13.7 Å². The molecule has 0 saturated heterocycles. The second-order valence-corrected chi connectivity index (χ2v) is 6.54. The summed E-state index contributed by atoms with van der Waals surface area (Å²) < 4.78 is 6.70. The van der Waals surface area contributed by atoms with Gasteiger partial charge >= 0.3 is 0 Å². The molecule has 0 aliphatic rings. The Morgan fingerprint density at radius 3 is 2.80 bits per heavy atom. The second kappa shape index (κ2) is 7.48. The molecule has 0 aliphatic heterocycles. The highest BCUT2D eigenvalue weighted by Gasteiger charge is 2.09. The van der Waals surface area contributed by atoms with E-state index in [0.29, 0.717) is 30.0 Å². The van der Waals surface area contributed by atoms with Crippen molar-refractivity contribution in [3.63, 3.8) is 0 Å². The van der Waals surface area contributed by atoms with Gasteiger partial charge in [-0.05, 0) is 24.6 Å². The van der Waals surface area contributed by atoms with E-state index in [1.54, 1.807) is 18.4 Å². The third kappa shape index (κ3) is 4.06. The standard InChI is InChI=1S/C18H19N3O3S/c1-12-9-17(23)21-14(11-25-18(21)20-12)7-8-19-16(22)10-13-3-5-15(24-2)6-4-13/h3-6,9,11H,7-8,10H2,1-2H3,(H,19,22). The number of aryl methyl sites for hydroxylation is 1. The van der Waals surface area contributed by atoms with Crippen LogP contribution < -0.4 is 15.6 Å². The first-order valence-corrected chi connectivity index (χ1v) is 8.81. The van der Waals surface area contributed by atoms with Gasteiger partial charge in [0.2, 0.25) is 5.91 Å². The van der Waals surface area contributed by atoms with Crippen LogP contribution in [0.1, 0.15) is 17.0 Å². The van der Waals surface area contributed by atoms with Crippen LogP contribution in [0.3, 0.4) is 0 Å². The summed E-state index contributed by atoms with van der Waals surface area (Å²) in [6.07, 6.45) is 0.897. The summed E-state index contributed by atoms with van der Waals surface area (Å²) in [6.45, 7) is 2.28. The van der Waals surface area contributed by atoms with Crippen molar-refractivity contribution in [3.8, 4) is 5.75 Å². The molecular weight excluding hydrogens is 338 g/mol. The second-order valence-electron chi connectivity index (χ2n) is 5.71. The molecule has 0 bridgehead atoms. The van der Waals surface area contributed by atoms with Crippen molar-refractivity contribution in [3.05, 3.63) is 63.0 Å². The highest BCUT2D eigenvalue weighted by molar-refractivity contribution is 7.15. The lowest BCUT2D eigenvalue weighted by Crippen LogP contribution is -2.28. The molecule has 0 radical (unpaired) electrons. The van der Waals surface area contributed by atoms with Gasteiger partial charge in [-0.25, -0.2) is 4.98 Å². The van der Waals surface area contributed by atoms with E-state index in [1.807, 2.05) is 29.6 Å². The number of aromatic nitrogens is 2. The summed E-state index contributed by atoms with van der Waals surface area (Å²) in [5.74, 6) is 0.716. The molecule has 3 aromatic rings. The number of hydrogen-bond donors (Lipinski definition) is 1.